The summed E-state index contributed by atoms with van der Waals surface area (Å²) in [6.07, 6.45) is 1.42. The Morgan fingerprint density at radius 1 is 1.29 bits per heavy atom. The molecule has 3 nitrogen and oxygen atoms in total. The van der Waals surface area contributed by atoms with Gasteiger partial charge in [-0.25, -0.2) is 4.39 Å². The van der Waals surface area contributed by atoms with Gasteiger partial charge in [0, 0.05) is 11.5 Å². The summed E-state index contributed by atoms with van der Waals surface area (Å²) in [7, 11) is 0. The summed E-state index contributed by atoms with van der Waals surface area (Å²) in [6, 6.07) is 2.89. The molecule has 0 spiro atoms. The Kier molecular flexibility index (Phi) is 2.03. The molecule has 2 rings (SSSR count). The van der Waals surface area contributed by atoms with Crippen LogP contribution in [0.3, 0.4) is 0 Å². The van der Waals surface area contributed by atoms with Crippen LogP contribution in [-0.2, 0) is 0 Å². The van der Waals surface area contributed by atoms with Gasteiger partial charge < -0.3 is 11.5 Å². The highest BCUT2D eigenvalue weighted by atomic mass is 79.9. The van der Waals surface area contributed by atoms with Crippen molar-refractivity contribution in [3.8, 4) is 0 Å². The van der Waals surface area contributed by atoms with Crippen LogP contribution < -0.4 is 11.5 Å². The van der Waals surface area contributed by atoms with Crippen molar-refractivity contribution >= 4 is 38.2 Å². The summed E-state index contributed by atoms with van der Waals surface area (Å²) in [6.45, 7) is 0. The molecule has 0 saturated carbocycles. The van der Waals surface area contributed by atoms with Crippen molar-refractivity contribution in [2.45, 2.75) is 0 Å². The number of fused-ring (bicyclic) bond motifs is 1. The Balaban J connectivity index is 2.89. The first-order chi connectivity index (χ1) is 6.59. The number of nitrogens with two attached hydrogens (primary N) is 2. The van der Waals surface area contributed by atoms with Gasteiger partial charge in [-0.2, -0.15) is 0 Å². The van der Waals surface area contributed by atoms with Crippen LogP contribution in [0.5, 0.6) is 0 Å². The van der Waals surface area contributed by atoms with Crippen molar-refractivity contribution in [2.75, 3.05) is 11.5 Å². The van der Waals surface area contributed by atoms with Crippen molar-refractivity contribution in [1.29, 1.82) is 0 Å². The first-order valence-electron chi connectivity index (χ1n) is 3.88. The Labute approximate surface area is 88.0 Å². The predicted octanol–water partition coefficient (Wildman–Crippen LogP) is 2.30. The Hall–Kier alpha value is -1.36. The van der Waals surface area contributed by atoms with E-state index in [9.17, 15) is 4.39 Å². The van der Waals surface area contributed by atoms with Crippen molar-refractivity contribution in [3.63, 3.8) is 0 Å². The molecule has 0 atom stereocenters. The fourth-order valence-electron chi connectivity index (χ4n) is 1.22. The van der Waals surface area contributed by atoms with Gasteiger partial charge in [-0.1, -0.05) is 0 Å². The molecule has 5 heteroatoms. The van der Waals surface area contributed by atoms with Crippen LogP contribution in [0.15, 0.2) is 22.8 Å². The molecule has 0 saturated heterocycles. The van der Waals surface area contributed by atoms with E-state index in [4.69, 9.17) is 11.5 Å². The molecule has 0 aliphatic carbocycles. The smallest absolute Gasteiger partial charge is 0.139 e. The van der Waals surface area contributed by atoms with Crippen molar-refractivity contribution in [2.24, 2.45) is 0 Å². The summed E-state index contributed by atoms with van der Waals surface area (Å²) in [5, 5.41) is 0.651. The molecule has 0 unspecified atom stereocenters. The summed E-state index contributed by atoms with van der Waals surface area (Å²) in [4.78, 5) is 3.98. The van der Waals surface area contributed by atoms with Crippen LogP contribution >= 0.6 is 15.9 Å². The van der Waals surface area contributed by atoms with Gasteiger partial charge >= 0.3 is 0 Å². The van der Waals surface area contributed by atoms with Crippen LogP contribution in [-0.4, -0.2) is 4.98 Å². The Morgan fingerprint density at radius 2 is 2.00 bits per heavy atom. The first-order valence-corrected chi connectivity index (χ1v) is 4.67. The molecular formula is C9H7BrFN3. The number of halogens is 2. The lowest BCUT2D eigenvalue weighted by atomic mass is 10.1. The fourth-order valence-corrected chi connectivity index (χ4v) is 1.57. The maximum absolute atomic E-state index is 13.1. The van der Waals surface area contributed by atoms with Crippen molar-refractivity contribution < 1.29 is 4.39 Å². The molecule has 1 heterocycles. The monoisotopic (exact) mass is 255 g/mol. The van der Waals surface area contributed by atoms with E-state index in [-0.39, 0.29) is 5.82 Å². The number of hydrogen-bond donors (Lipinski definition) is 2. The number of benzene rings is 1. The second-order valence-corrected chi connectivity index (χ2v) is 3.77. The van der Waals surface area contributed by atoms with E-state index in [2.05, 4.69) is 20.9 Å². The highest BCUT2D eigenvalue weighted by Crippen LogP contribution is 2.28. The third kappa shape index (κ3) is 1.29. The van der Waals surface area contributed by atoms with Crippen molar-refractivity contribution in [1.82, 2.24) is 4.98 Å². The summed E-state index contributed by atoms with van der Waals surface area (Å²) < 4.78 is 13.5. The zero-order valence-corrected chi connectivity index (χ0v) is 8.68. The SMILES string of the molecule is Nc1cnc2cc(F)c(Br)cc2c1N. The summed E-state index contributed by atoms with van der Waals surface area (Å²) in [5.74, 6) is -0.367. The highest BCUT2D eigenvalue weighted by molar-refractivity contribution is 9.10. The summed E-state index contributed by atoms with van der Waals surface area (Å²) in [5.41, 5.74) is 12.6. The molecule has 1 aromatic carbocycles. The number of pyridine rings is 1. The van der Waals surface area contributed by atoms with Gasteiger partial charge in [0.2, 0.25) is 0 Å². The van der Waals surface area contributed by atoms with Crippen LogP contribution in [0.25, 0.3) is 10.9 Å². The van der Waals surface area contributed by atoms with E-state index in [1.165, 1.54) is 12.3 Å². The van der Waals surface area contributed by atoms with Gasteiger partial charge in [0.05, 0.1) is 27.6 Å². The maximum Gasteiger partial charge on any atom is 0.139 e. The largest absolute Gasteiger partial charge is 0.396 e. The van der Waals surface area contributed by atoms with Gasteiger partial charge in [0.15, 0.2) is 0 Å². The normalized spacial score (nSPS) is 10.7. The van der Waals surface area contributed by atoms with E-state index in [0.717, 1.165) is 0 Å². The van der Waals surface area contributed by atoms with E-state index >= 15 is 0 Å². The zero-order chi connectivity index (χ0) is 10.3. The maximum atomic E-state index is 13.1. The topological polar surface area (TPSA) is 64.9 Å². The van der Waals surface area contributed by atoms with E-state index in [0.29, 0.717) is 26.8 Å². The minimum atomic E-state index is -0.367. The predicted molar refractivity (Wildman–Crippen MR) is 58.2 cm³/mol. The van der Waals surface area contributed by atoms with E-state index in [1.807, 2.05) is 0 Å². The van der Waals surface area contributed by atoms with Crippen LogP contribution in [0.2, 0.25) is 0 Å². The number of nitrogens with zero attached hydrogens (tertiary/aromatic N) is 1. The third-order valence-electron chi connectivity index (χ3n) is 1.98. The second-order valence-electron chi connectivity index (χ2n) is 2.91. The standard InChI is InChI=1S/C9H7BrFN3/c10-5-1-4-8(2-6(5)11)14-3-7(12)9(4)13/h1-3H,12H2,(H2,13,14). The number of aromatic nitrogens is 1. The fraction of sp³-hybridized carbons (Fsp3) is 0. The quantitative estimate of drug-likeness (QED) is 0.760. The second kappa shape index (κ2) is 3.09. The molecule has 2 aromatic rings. The average molecular weight is 256 g/mol. The third-order valence-corrected chi connectivity index (χ3v) is 2.59. The molecular weight excluding hydrogens is 249 g/mol. The number of anilines is 2. The lowest BCUT2D eigenvalue weighted by Gasteiger charge is -2.05. The molecule has 0 aliphatic rings. The molecule has 0 bridgehead atoms. The van der Waals surface area contributed by atoms with E-state index < -0.39 is 0 Å². The molecule has 4 N–H and O–H groups in total. The van der Waals surface area contributed by atoms with Crippen molar-refractivity contribution in [3.05, 3.63) is 28.6 Å². The zero-order valence-electron chi connectivity index (χ0n) is 7.09. The van der Waals surface area contributed by atoms with Gasteiger partial charge in [0.25, 0.3) is 0 Å². The molecule has 14 heavy (non-hydrogen) atoms. The lowest BCUT2D eigenvalue weighted by molar-refractivity contribution is 0.623. The molecule has 1 aromatic heterocycles. The molecule has 0 fully saturated rings. The average Bonchev–Trinajstić information content (AvgIpc) is 2.15. The van der Waals surface area contributed by atoms with Gasteiger partial charge in [-0.15, -0.1) is 0 Å². The summed E-state index contributed by atoms with van der Waals surface area (Å²) >= 11 is 3.08. The number of hydrogen-bond acceptors (Lipinski definition) is 3. The number of rotatable bonds is 0. The Morgan fingerprint density at radius 3 is 2.71 bits per heavy atom. The van der Waals surface area contributed by atoms with Crippen LogP contribution in [0.1, 0.15) is 0 Å². The highest BCUT2D eigenvalue weighted by Gasteiger charge is 2.07. The molecule has 0 amide bonds. The van der Waals surface area contributed by atoms with Gasteiger partial charge in [0.1, 0.15) is 5.82 Å². The number of nitrogen functional groups attached to an aromatic ring is 2. The van der Waals surface area contributed by atoms with Crippen LogP contribution in [0, 0.1) is 5.82 Å². The van der Waals surface area contributed by atoms with E-state index in [1.54, 1.807) is 6.07 Å². The molecule has 0 radical (unpaired) electrons. The lowest BCUT2D eigenvalue weighted by Crippen LogP contribution is -1.97. The first kappa shape index (κ1) is 9.21. The minimum Gasteiger partial charge on any atom is -0.396 e. The van der Waals surface area contributed by atoms with Gasteiger partial charge in [-0.05, 0) is 22.0 Å². The Bertz CT molecular complexity index is 513. The van der Waals surface area contributed by atoms with Gasteiger partial charge in [-0.3, -0.25) is 4.98 Å². The molecule has 0 aliphatic heterocycles. The molecule has 72 valence electrons. The van der Waals surface area contributed by atoms with Crippen LogP contribution in [0.4, 0.5) is 15.8 Å². The minimum absolute atomic E-state index is 0.351.